The van der Waals surface area contributed by atoms with Gasteiger partial charge in [0.1, 0.15) is 6.04 Å². The summed E-state index contributed by atoms with van der Waals surface area (Å²) in [4.78, 5) is 10.3. The number of hydrogen-bond acceptors (Lipinski definition) is 3. The molecule has 0 aromatic carbocycles. The average molecular weight is 184 g/mol. The monoisotopic (exact) mass is 183 g/mol. The summed E-state index contributed by atoms with van der Waals surface area (Å²) in [6.45, 7) is 0.708. The van der Waals surface area contributed by atoms with Crippen molar-refractivity contribution in [2.24, 2.45) is 0 Å². The fourth-order valence-corrected chi connectivity index (χ4v) is 1.22. The number of carbonyl (C=O) groups is 1. The molecule has 1 fully saturated rings. The Morgan fingerprint density at radius 1 is 1.70 bits per heavy atom. The zero-order valence-electron chi connectivity index (χ0n) is 5.28. The minimum absolute atomic E-state index is 0. The zero-order chi connectivity index (χ0) is 6.85. The lowest BCUT2D eigenvalue weighted by Gasteiger charge is -1.99. The van der Waals surface area contributed by atoms with Crippen LogP contribution in [0.4, 0.5) is 0 Å². The molecule has 0 unspecified atom stereocenters. The Balaban J connectivity index is 0.000000810. The lowest BCUT2D eigenvalue weighted by molar-refractivity contribution is -0.139. The highest BCUT2D eigenvalue weighted by atomic mass is 35.5. The Hall–Kier alpha value is 0.0700. The average Bonchev–Trinajstić information content (AvgIpc) is 2.14. The molecule has 0 spiro atoms. The number of halogens is 1. The molecule has 0 bridgehead atoms. The summed E-state index contributed by atoms with van der Waals surface area (Å²) in [7, 11) is 0. The number of carboxylic acids is 1. The lowest BCUT2D eigenvalue weighted by atomic mass is 10.2. The minimum atomic E-state index is -0.772. The molecule has 5 heteroatoms. The second kappa shape index (κ2) is 4.05. The minimum Gasteiger partial charge on any atom is -0.480 e. The van der Waals surface area contributed by atoms with E-state index in [1.807, 2.05) is 0 Å². The predicted molar refractivity (Wildman–Crippen MR) is 44.1 cm³/mol. The van der Waals surface area contributed by atoms with Crippen LogP contribution in [0.2, 0.25) is 0 Å². The van der Waals surface area contributed by atoms with E-state index in [1.165, 1.54) is 0 Å². The molecular formula is C5H10ClNO2S. The third kappa shape index (κ3) is 2.36. The number of thiol groups is 1. The molecule has 0 amide bonds. The highest BCUT2D eigenvalue weighted by Gasteiger charge is 2.26. The van der Waals surface area contributed by atoms with Crippen molar-refractivity contribution in [1.82, 2.24) is 5.32 Å². The van der Waals surface area contributed by atoms with Gasteiger partial charge in [0.2, 0.25) is 0 Å². The fraction of sp³-hybridized carbons (Fsp3) is 0.800. The molecule has 1 saturated heterocycles. The van der Waals surface area contributed by atoms with Crippen molar-refractivity contribution in [3.05, 3.63) is 0 Å². The molecule has 1 rings (SSSR count). The van der Waals surface area contributed by atoms with Gasteiger partial charge >= 0.3 is 5.97 Å². The van der Waals surface area contributed by atoms with E-state index >= 15 is 0 Å². The number of aliphatic carboxylic acids is 1. The van der Waals surface area contributed by atoms with Crippen LogP contribution < -0.4 is 5.32 Å². The molecule has 1 aliphatic heterocycles. The summed E-state index contributed by atoms with van der Waals surface area (Å²) in [5, 5.41) is 11.5. The lowest BCUT2D eigenvalue weighted by Crippen LogP contribution is -2.29. The fourth-order valence-electron chi connectivity index (χ4n) is 0.905. The molecule has 1 heterocycles. The topological polar surface area (TPSA) is 49.3 Å². The molecule has 2 atom stereocenters. The standard InChI is InChI=1S/C5H9NO2S.ClH/c7-5(8)4-1-3(9)2-6-4;/h3-4,6,9H,1-2H2,(H,7,8);1H/t3-,4+;/m1./s1. The Bertz CT molecular complexity index is 133. The van der Waals surface area contributed by atoms with Crippen molar-refractivity contribution in [3.63, 3.8) is 0 Å². The molecule has 0 aromatic heterocycles. The van der Waals surface area contributed by atoms with E-state index in [0.717, 1.165) is 0 Å². The maximum Gasteiger partial charge on any atom is 0.320 e. The largest absolute Gasteiger partial charge is 0.480 e. The van der Waals surface area contributed by atoms with Gasteiger partial charge in [-0.2, -0.15) is 12.6 Å². The molecule has 0 aliphatic carbocycles. The molecule has 2 N–H and O–H groups in total. The van der Waals surface area contributed by atoms with E-state index in [2.05, 4.69) is 17.9 Å². The van der Waals surface area contributed by atoms with Crippen LogP contribution in [0.5, 0.6) is 0 Å². The molecule has 60 valence electrons. The summed E-state index contributed by atoms with van der Waals surface area (Å²) in [5.41, 5.74) is 0. The van der Waals surface area contributed by atoms with Gasteiger partial charge in [-0.15, -0.1) is 12.4 Å². The normalized spacial score (nSPS) is 31.3. The van der Waals surface area contributed by atoms with E-state index in [4.69, 9.17) is 5.11 Å². The molecular weight excluding hydrogens is 174 g/mol. The first kappa shape index (κ1) is 10.1. The van der Waals surface area contributed by atoms with Gasteiger partial charge in [0, 0.05) is 11.8 Å². The molecule has 10 heavy (non-hydrogen) atoms. The van der Waals surface area contributed by atoms with Crippen molar-refractivity contribution < 1.29 is 9.90 Å². The van der Waals surface area contributed by atoms with E-state index in [0.29, 0.717) is 13.0 Å². The molecule has 3 nitrogen and oxygen atoms in total. The van der Waals surface area contributed by atoms with Crippen molar-refractivity contribution in [1.29, 1.82) is 0 Å². The quantitative estimate of drug-likeness (QED) is 0.508. The number of nitrogens with one attached hydrogen (secondary N) is 1. The first-order valence-corrected chi connectivity index (χ1v) is 3.36. The van der Waals surface area contributed by atoms with Crippen molar-refractivity contribution >= 4 is 31.0 Å². The van der Waals surface area contributed by atoms with Gasteiger partial charge in [0.05, 0.1) is 0 Å². The van der Waals surface area contributed by atoms with Gasteiger partial charge in [0.25, 0.3) is 0 Å². The van der Waals surface area contributed by atoms with Gasteiger partial charge in [-0.25, -0.2) is 0 Å². The number of hydrogen-bond donors (Lipinski definition) is 3. The van der Waals surface area contributed by atoms with Gasteiger partial charge in [-0.1, -0.05) is 0 Å². The maximum atomic E-state index is 10.3. The van der Waals surface area contributed by atoms with E-state index < -0.39 is 5.97 Å². The van der Waals surface area contributed by atoms with Crippen molar-refractivity contribution in [3.8, 4) is 0 Å². The molecule has 0 aromatic rings. The van der Waals surface area contributed by atoms with Crippen LogP contribution in [-0.4, -0.2) is 28.9 Å². The summed E-state index contributed by atoms with van der Waals surface area (Å²) in [6, 6.07) is -0.368. The van der Waals surface area contributed by atoms with Crippen molar-refractivity contribution in [2.75, 3.05) is 6.54 Å². The van der Waals surface area contributed by atoms with E-state index in [1.54, 1.807) is 0 Å². The number of carboxylic acid groups (broad SMARTS) is 1. The summed E-state index contributed by atoms with van der Waals surface area (Å²) >= 11 is 4.12. The highest BCUT2D eigenvalue weighted by molar-refractivity contribution is 7.81. The Morgan fingerprint density at radius 2 is 2.30 bits per heavy atom. The maximum absolute atomic E-state index is 10.3. The third-order valence-electron chi connectivity index (χ3n) is 1.41. The van der Waals surface area contributed by atoms with Gasteiger partial charge < -0.3 is 10.4 Å². The van der Waals surface area contributed by atoms with Crippen LogP contribution in [0.3, 0.4) is 0 Å². The van der Waals surface area contributed by atoms with Crippen LogP contribution in [-0.2, 0) is 4.79 Å². The Labute approximate surface area is 71.0 Å². The Morgan fingerprint density at radius 3 is 2.50 bits per heavy atom. The van der Waals surface area contributed by atoms with Gasteiger partial charge in [-0.05, 0) is 6.42 Å². The van der Waals surface area contributed by atoms with Gasteiger partial charge in [-0.3, -0.25) is 4.79 Å². The van der Waals surface area contributed by atoms with Crippen LogP contribution in [0.1, 0.15) is 6.42 Å². The van der Waals surface area contributed by atoms with Crippen molar-refractivity contribution in [2.45, 2.75) is 17.7 Å². The molecule has 0 saturated carbocycles. The summed E-state index contributed by atoms with van der Waals surface area (Å²) in [6.07, 6.45) is 0.637. The summed E-state index contributed by atoms with van der Waals surface area (Å²) < 4.78 is 0. The van der Waals surface area contributed by atoms with E-state index in [-0.39, 0.29) is 23.7 Å². The molecule has 0 radical (unpaired) electrons. The predicted octanol–water partition coefficient (Wildman–Crippen LogP) is 0.153. The van der Waals surface area contributed by atoms with Gasteiger partial charge in [0.15, 0.2) is 0 Å². The number of rotatable bonds is 1. The second-order valence-electron chi connectivity index (χ2n) is 2.19. The van der Waals surface area contributed by atoms with Crippen LogP contribution in [0, 0.1) is 0 Å². The van der Waals surface area contributed by atoms with Crippen LogP contribution in [0.25, 0.3) is 0 Å². The first-order chi connectivity index (χ1) is 4.20. The second-order valence-corrected chi connectivity index (χ2v) is 2.92. The highest BCUT2D eigenvalue weighted by Crippen LogP contribution is 2.11. The third-order valence-corrected chi connectivity index (χ3v) is 1.80. The van der Waals surface area contributed by atoms with Crippen LogP contribution in [0.15, 0.2) is 0 Å². The van der Waals surface area contributed by atoms with E-state index in [9.17, 15) is 4.79 Å². The SMILES string of the molecule is Cl.O=C(O)[C@@H]1C[C@@H](S)CN1. The zero-order valence-corrected chi connectivity index (χ0v) is 6.99. The first-order valence-electron chi connectivity index (χ1n) is 2.84. The smallest absolute Gasteiger partial charge is 0.320 e. The van der Waals surface area contributed by atoms with Crippen LogP contribution >= 0.6 is 25.0 Å². The Kier molecular flexibility index (Phi) is 4.08. The summed E-state index contributed by atoms with van der Waals surface area (Å²) in [5.74, 6) is -0.772. The molecule has 1 aliphatic rings.